The van der Waals surface area contributed by atoms with Gasteiger partial charge in [-0.2, -0.15) is 0 Å². The van der Waals surface area contributed by atoms with Gasteiger partial charge in [0.05, 0.1) is 6.10 Å². The van der Waals surface area contributed by atoms with Crippen molar-refractivity contribution in [2.75, 3.05) is 0 Å². The van der Waals surface area contributed by atoms with Gasteiger partial charge in [-0.3, -0.25) is 0 Å². The highest BCUT2D eigenvalue weighted by atomic mass is 16.3. The summed E-state index contributed by atoms with van der Waals surface area (Å²) in [5.74, 6) is 0.607. The lowest BCUT2D eigenvalue weighted by Gasteiger charge is -2.13. The summed E-state index contributed by atoms with van der Waals surface area (Å²) in [4.78, 5) is 0. The van der Waals surface area contributed by atoms with Gasteiger partial charge in [-0.15, -0.1) is 0 Å². The van der Waals surface area contributed by atoms with E-state index < -0.39 is 0 Å². The first kappa shape index (κ1) is 13.2. The molecule has 1 N–H and O–H groups in total. The van der Waals surface area contributed by atoms with Crippen LogP contribution in [0.15, 0.2) is 30.3 Å². The van der Waals surface area contributed by atoms with Crippen molar-refractivity contribution in [2.24, 2.45) is 0 Å². The minimum atomic E-state index is -0.0898. The molecule has 1 aromatic rings. The van der Waals surface area contributed by atoms with Crippen LogP contribution in [0.25, 0.3) is 0 Å². The summed E-state index contributed by atoms with van der Waals surface area (Å²) in [6.07, 6.45) is 5.18. The van der Waals surface area contributed by atoms with Crippen LogP contribution in [0.4, 0.5) is 0 Å². The molecule has 2 atom stereocenters. The number of hydrogen-bond acceptors (Lipinski definition) is 1. The molecule has 0 radical (unpaired) electrons. The minimum Gasteiger partial charge on any atom is -0.393 e. The molecule has 0 saturated carbocycles. The second-order valence-electron chi connectivity index (χ2n) is 4.69. The standard InChI is InChI=1S/C15H24O/c1-3-8-15(16)12-7-9-13(2)14-10-5-4-6-11-14/h4-6,10-11,13,15-16H,3,7-9,12H2,1-2H3. The van der Waals surface area contributed by atoms with E-state index in [1.807, 2.05) is 0 Å². The van der Waals surface area contributed by atoms with Crippen LogP contribution in [0.3, 0.4) is 0 Å². The molecule has 90 valence electrons. The normalized spacial score (nSPS) is 14.7. The molecule has 0 spiro atoms. The maximum absolute atomic E-state index is 9.63. The molecular weight excluding hydrogens is 196 g/mol. The van der Waals surface area contributed by atoms with E-state index in [2.05, 4.69) is 44.2 Å². The van der Waals surface area contributed by atoms with E-state index in [-0.39, 0.29) is 6.10 Å². The molecule has 0 aliphatic carbocycles. The minimum absolute atomic E-state index is 0.0898. The predicted octanol–water partition coefficient (Wildman–Crippen LogP) is 4.12. The summed E-state index contributed by atoms with van der Waals surface area (Å²) >= 11 is 0. The van der Waals surface area contributed by atoms with Gasteiger partial charge in [0.15, 0.2) is 0 Å². The highest BCUT2D eigenvalue weighted by Gasteiger charge is 2.07. The maximum atomic E-state index is 9.63. The van der Waals surface area contributed by atoms with Crippen molar-refractivity contribution in [3.8, 4) is 0 Å². The largest absolute Gasteiger partial charge is 0.393 e. The van der Waals surface area contributed by atoms with Gasteiger partial charge in [0, 0.05) is 0 Å². The lowest BCUT2D eigenvalue weighted by atomic mass is 9.94. The number of aliphatic hydroxyl groups is 1. The first-order valence-electron chi connectivity index (χ1n) is 6.47. The monoisotopic (exact) mass is 220 g/mol. The number of hydrogen-bond donors (Lipinski definition) is 1. The molecule has 0 saturated heterocycles. The van der Waals surface area contributed by atoms with Gasteiger partial charge in [0.1, 0.15) is 0 Å². The van der Waals surface area contributed by atoms with Crippen LogP contribution in [0.2, 0.25) is 0 Å². The Morgan fingerprint density at radius 1 is 1.06 bits per heavy atom. The van der Waals surface area contributed by atoms with Crippen molar-refractivity contribution in [3.63, 3.8) is 0 Å². The van der Waals surface area contributed by atoms with Crippen molar-refractivity contribution < 1.29 is 5.11 Å². The van der Waals surface area contributed by atoms with E-state index >= 15 is 0 Å². The fourth-order valence-corrected chi connectivity index (χ4v) is 2.09. The highest BCUT2D eigenvalue weighted by molar-refractivity contribution is 5.18. The van der Waals surface area contributed by atoms with Gasteiger partial charge in [0.2, 0.25) is 0 Å². The molecule has 1 rings (SSSR count). The third kappa shape index (κ3) is 4.80. The zero-order valence-electron chi connectivity index (χ0n) is 10.5. The second kappa shape index (κ2) is 7.45. The van der Waals surface area contributed by atoms with Crippen LogP contribution in [-0.4, -0.2) is 11.2 Å². The Labute approximate surface area is 99.5 Å². The molecule has 0 aliphatic heterocycles. The fraction of sp³-hybridized carbons (Fsp3) is 0.600. The molecule has 0 aliphatic rings. The third-order valence-electron chi connectivity index (χ3n) is 3.16. The third-order valence-corrected chi connectivity index (χ3v) is 3.16. The maximum Gasteiger partial charge on any atom is 0.0540 e. The van der Waals surface area contributed by atoms with E-state index in [9.17, 15) is 5.11 Å². The van der Waals surface area contributed by atoms with Crippen LogP contribution >= 0.6 is 0 Å². The summed E-state index contributed by atoms with van der Waals surface area (Å²) in [6.45, 7) is 4.39. The van der Waals surface area contributed by atoms with Gasteiger partial charge in [-0.25, -0.2) is 0 Å². The Morgan fingerprint density at radius 3 is 2.38 bits per heavy atom. The van der Waals surface area contributed by atoms with E-state index in [1.54, 1.807) is 0 Å². The molecule has 0 heterocycles. The zero-order valence-corrected chi connectivity index (χ0v) is 10.5. The van der Waals surface area contributed by atoms with Crippen molar-refractivity contribution in [3.05, 3.63) is 35.9 Å². The highest BCUT2D eigenvalue weighted by Crippen LogP contribution is 2.21. The van der Waals surface area contributed by atoms with Crippen LogP contribution in [0.5, 0.6) is 0 Å². The van der Waals surface area contributed by atoms with E-state index in [0.717, 1.165) is 25.7 Å². The molecule has 1 heteroatoms. The molecule has 1 aromatic carbocycles. The van der Waals surface area contributed by atoms with Crippen LogP contribution in [0.1, 0.15) is 57.4 Å². The smallest absolute Gasteiger partial charge is 0.0540 e. The Hall–Kier alpha value is -0.820. The lowest BCUT2D eigenvalue weighted by Crippen LogP contribution is -2.06. The summed E-state index contributed by atoms with van der Waals surface area (Å²) in [5.41, 5.74) is 1.41. The molecule has 0 amide bonds. The molecule has 0 fully saturated rings. The van der Waals surface area contributed by atoms with Crippen molar-refractivity contribution in [1.82, 2.24) is 0 Å². The van der Waals surface area contributed by atoms with Gasteiger partial charge >= 0.3 is 0 Å². The molecule has 0 bridgehead atoms. The molecule has 2 unspecified atom stereocenters. The fourth-order valence-electron chi connectivity index (χ4n) is 2.09. The summed E-state index contributed by atoms with van der Waals surface area (Å²) in [6, 6.07) is 10.6. The summed E-state index contributed by atoms with van der Waals surface area (Å²) < 4.78 is 0. The van der Waals surface area contributed by atoms with Gasteiger partial charge in [-0.1, -0.05) is 57.0 Å². The topological polar surface area (TPSA) is 20.2 Å². The molecule has 16 heavy (non-hydrogen) atoms. The molecule has 0 aromatic heterocycles. The lowest BCUT2D eigenvalue weighted by molar-refractivity contribution is 0.149. The quantitative estimate of drug-likeness (QED) is 0.732. The Bertz CT molecular complexity index is 268. The Morgan fingerprint density at radius 2 is 1.75 bits per heavy atom. The second-order valence-corrected chi connectivity index (χ2v) is 4.69. The van der Waals surface area contributed by atoms with Crippen LogP contribution in [-0.2, 0) is 0 Å². The van der Waals surface area contributed by atoms with E-state index in [1.165, 1.54) is 12.0 Å². The number of rotatable bonds is 7. The SMILES string of the molecule is CCCC(O)CCCC(C)c1ccccc1. The molecule has 1 nitrogen and oxygen atoms in total. The van der Waals surface area contributed by atoms with E-state index in [4.69, 9.17) is 0 Å². The predicted molar refractivity (Wildman–Crippen MR) is 69.6 cm³/mol. The number of aliphatic hydroxyl groups excluding tert-OH is 1. The van der Waals surface area contributed by atoms with Gasteiger partial charge < -0.3 is 5.11 Å². The first-order chi connectivity index (χ1) is 7.74. The van der Waals surface area contributed by atoms with Crippen molar-refractivity contribution in [1.29, 1.82) is 0 Å². The zero-order chi connectivity index (χ0) is 11.8. The van der Waals surface area contributed by atoms with Gasteiger partial charge in [0.25, 0.3) is 0 Å². The average Bonchev–Trinajstić information content (AvgIpc) is 2.30. The van der Waals surface area contributed by atoms with Gasteiger partial charge in [-0.05, 0) is 30.7 Å². The van der Waals surface area contributed by atoms with Crippen LogP contribution in [0, 0.1) is 0 Å². The Balaban J connectivity index is 2.23. The van der Waals surface area contributed by atoms with Crippen molar-refractivity contribution in [2.45, 2.75) is 58.0 Å². The summed E-state index contributed by atoms with van der Waals surface area (Å²) in [7, 11) is 0. The first-order valence-corrected chi connectivity index (χ1v) is 6.47. The average molecular weight is 220 g/mol. The number of benzene rings is 1. The van der Waals surface area contributed by atoms with Crippen molar-refractivity contribution >= 4 is 0 Å². The summed E-state index contributed by atoms with van der Waals surface area (Å²) in [5, 5.41) is 9.63. The molecular formula is C15H24O. The van der Waals surface area contributed by atoms with Crippen LogP contribution < -0.4 is 0 Å². The Kier molecular flexibility index (Phi) is 6.17. The van der Waals surface area contributed by atoms with E-state index in [0.29, 0.717) is 5.92 Å².